The van der Waals surface area contributed by atoms with Gasteiger partial charge in [0.1, 0.15) is 11.6 Å². The number of amides is 2. The van der Waals surface area contributed by atoms with E-state index >= 15 is 0 Å². The van der Waals surface area contributed by atoms with Gasteiger partial charge in [-0.2, -0.15) is 0 Å². The Hall–Kier alpha value is -1.65. The van der Waals surface area contributed by atoms with Gasteiger partial charge >= 0.3 is 6.03 Å². The number of aromatic nitrogens is 1. The van der Waals surface area contributed by atoms with Crippen LogP contribution < -0.4 is 10.6 Å². The van der Waals surface area contributed by atoms with Crippen molar-refractivity contribution in [1.29, 1.82) is 0 Å². The van der Waals surface area contributed by atoms with E-state index in [1.54, 1.807) is 0 Å². The fourth-order valence-corrected chi connectivity index (χ4v) is 2.46. The predicted octanol–water partition coefficient (Wildman–Crippen LogP) is 2.28. The molecule has 5 heteroatoms. The highest BCUT2D eigenvalue weighted by molar-refractivity contribution is 5.88. The van der Waals surface area contributed by atoms with E-state index in [2.05, 4.69) is 15.6 Å². The maximum Gasteiger partial charge on any atom is 0.320 e. The second-order valence-electron chi connectivity index (χ2n) is 5.07. The Morgan fingerprint density at radius 3 is 2.76 bits per heavy atom. The molecule has 2 N–H and O–H groups in total. The van der Waals surface area contributed by atoms with Crippen molar-refractivity contribution in [3.05, 3.63) is 24.1 Å². The number of nitrogens with zero attached hydrogens (tertiary/aromatic N) is 1. The third-order valence-corrected chi connectivity index (χ3v) is 3.62. The van der Waals surface area contributed by atoms with Crippen LogP contribution in [-0.4, -0.2) is 17.1 Å². The maximum atomic E-state index is 12.6. The van der Waals surface area contributed by atoms with Crippen molar-refractivity contribution in [2.45, 2.75) is 31.7 Å². The van der Waals surface area contributed by atoms with Crippen LogP contribution >= 0.6 is 0 Å². The summed E-state index contributed by atoms with van der Waals surface area (Å²) in [4.78, 5) is 15.3. The Bertz CT molecular complexity index is 434. The smallest absolute Gasteiger partial charge is 0.320 e. The van der Waals surface area contributed by atoms with E-state index in [1.165, 1.54) is 25.0 Å². The average molecular weight is 235 g/mol. The Balaban J connectivity index is 1.48. The molecule has 3 rings (SSSR count). The topological polar surface area (TPSA) is 54.0 Å². The van der Waals surface area contributed by atoms with Crippen molar-refractivity contribution in [1.82, 2.24) is 10.3 Å². The van der Waals surface area contributed by atoms with Crippen LogP contribution in [-0.2, 0) is 0 Å². The number of pyridine rings is 1. The lowest BCUT2D eigenvalue weighted by molar-refractivity contribution is 0.195. The summed E-state index contributed by atoms with van der Waals surface area (Å²) in [5.74, 6) is -0.0463. The molecule has 0 atom stereocenters. The molecule has 90 valence electrons. The fourth-order valence-electron chi connectivity index (χ4n) is 2.46. The summed E-state index contributed by atoms with van der Waals surface area (Å²) in [6, 6.07) is 2.74. The van der Waals surface area contributed by atoms with Crippen LogP contribution in [0.2, 0.25) is 0 Å². The average Bonchev–Trinajstić information content (AvgIpc) is 3.01. The van der Waals surface area contributed by atoms with Crippen LogP contribution in [0.3, 0.4) is 0 Å². The summed E-state index contributed by atoms with van der Waals surface area (Å²) < 4.78 is 12.6. The number of anilines is 1. The first-order valence-corrected chi connectivity index (χ1v) is 5.84. The van der Waals surface area contributed by atoms with Gasteiger partial charge in [0.05, 0.1) is 6.20 Å². The number of hydrogen-bond acceptors (Lipinski definition) is 2. The minimum atomic E-state index is -0.411. The molecular formula is C12H14FN3O. The molecule has 2 fully saturated rings. The fraction of sp³-hybridized carbons (Fsp3) is 0.500. The third kappa shape index (κ3) is 2.23. The summed E-state index contributed by atoms with van der Waals surface area (Å²) in [6.07, 6.45) is 5.89. The highest BCUT2D eigenvalue weighted by Crippen LogP contribution is 2.60. The zero-order valence-corrected chi connectivity index (χ0v) is 9.37. The zero-order chi connectivity index (χ0) is 11.9. The van der Waals surface area contributed by atoms with Crippen molar-refractivity contribution in [3.63, 3.8) is 0 Å². The normalized spacial score (nSPS) is 20.8. The Morgan fingerprint density at radius 1 is 1.41 bits per heavy atom. The SMILES string of the molecule is O=C(Nc1ccc(F)cn1)NC1CC2(CC2)C1. The number of hydrogen-bond donors (Lipinski definition) is 2. The van der Waals surface area contributed by atoms with Crippen LogP contribution in [0.1, 0.15) is 25.7 Å². The van der Waals surface area contributed by atoms with Crippen LogP contribution in [0.5, 0.6) is 0 Å². The Morgan fingerprint density at radius 2 is 2.18 bits per heavy atom. The van der Waals surface area contributed by atoms with Gasteiger partial charge in [-0.25, -0.2) is 14.2 Å². The van der Waals surface area contributed by atoms with Crippen molar-refractivity contribution in [3.8, 4) is 0 Å². The van der Waals surface area contributed by atoms with Crippen LogP contribution in [0, 0.1) is 11.2 Å². The molecule has 0 saturated heterocycles. The first-order valence-electron chi connectivity index (χ1n) is 5.84. The summed E-state index contributed by atoms with van der Waals surface area (Å²) >= 11 is 0. The quantitative estimate of drug-likeness (QED) is 0.826. The molecule has 0 bridgehead atoms. The monoisotopic (exact) mass is 235 g/mol. The molecule has 1 heterocycles. The molecule has 0 radical (unpaired) electrons. The molecule has 0 aliphatic heterocycles. The minimum Gasteiger partial charge on any atom is -0.335 e. The van der Waals surface area contributed by atoms with Crippen molar-refractivity contribution in [2.75, 3.05) is 5.32 Å². The molecule has 1 aromatic rings. The van der Waals surface area contributed by atoms with Gasteiger partial charge in [0.25, 0.3) is 0 Å². The molecule has 0 aromatic carbocycles. The summed E-state index contributed by atoms with van der Waals surface area (Å²) in [5, 5.41) is 5.48. The molecule has 0 unspecified atom stereocenters. The van der Waals surface area contributed by atoms with Gasteiger partial charge < -0.3 is 5.32 Å². The molecule has 1 aromatic heterocycles. The first-order chi connectivity index (χ1) is 8.15. The Labute approximate surface area is 98.6 Å². The molecular weight excluding hydrogens is 221 g/mol. The molecule has 2 amide bonds. The van der Waals surface area contributed by atoms with Gasteiger partial charge in [-0.3, -0.25) is 5.32 Å². The van der Waals surface area contributed by atoms with Gasteiger partial charge in [0.15, 0.2) is 0 Å². The van der Waals surface area contributed by atoms with Crippen LogP contribution in [0.25, 0.3) is 0 Å². The van der Waals surface area contributed by atoms with Crippen molar-refractivity contribution in [2.24, 2.45) is 5.41 Å². The molecule has 4 nitrogen and oxygen atoms in total. The van der Waals surface area contributed by atoms with Gasteiger partial charge in [-0.1, -0.05) is 0 Å². The maximum absolute atomic E-state index is 12.6. The van der Waals surface area contributed by atoms with E-state index in [1.807, 2.05) is 0 Å². The lowest BCUT2D eigenvalue weighted by Crippen LogP contribution is -2.46. The van der Waals surface area contributed by atoms with Crippen molar-refractivity contribution < 1.29 is 9.18 Å². The number of carbonyl (C=O) groups excluding carboxylic acids is 1. The second kappa shape index (κ2) is 3.68. The van der Waals surface area contributed by atoms with E-state index < -0.39 is 5.82 Å². The van der Waals surface area contributed by atoms with E-state index in [0.29, 0.717) is 11.2 Å². The predicted molar refractivity (Wildman–Crippen MR) is 61.0 cm³/mol. The highest BCUT2D eigenvalue weighted by Gasteiger charge is 2.53. The zero-order valence-electron chi connectivity index (χ0n) is 9.37. The van der Waals surface area contributed by atoms with Gasteiger partial charge in [0.2, 0.25) is 0 Å². The van der Waals surface area contributed by atoms with E-state index in [0.717, 1.165) is 19.0 Å². The summed E-state index contributed by atoms with van der Waals surface area (Å²) in [5.41, 5.74) is 0.575. The molecule has 2 aliphatic carbocycles. The molecule has 1 spiro atoms. The second-order valence-corrected chi connectivity index (χ2v) is 5.07. The van der Waals surface area contributed by atoms with Crippen molar-refractivity contribution >= 4 is 11.8 Å². The van der Waals surface area contributed by atoms with E-state index in [4.69, 9.17) is 0 Å². The standard InChI is InChI=1S/C12H14FN3O/c13-8-1-2-10(14-7-8)16-11(17)15-9-5-12(6-9)3-4-12/h1-2,7,9H,3-6H2,(H2,14,15,16,17). The number of halogens is 1. The highest BCUT2D eigenvalue weighted by atomic mass is 19.1. The first kappa shape index (κ1) is 10.5. The summed E-state index contributed by atoms with van der Waals surface area (Å²) in [6.45, 7) is 0. The van der Waals surface area contributed by atoms with Gasteiger partial charge in [0, 0.05) is 6.04 Å². The summed E-state index contributed by atoms with van der Waals surface area (Å²) in [7, 11) is 0. The molecule has 2 aliphatic rings. The third-order valence-electron chi connectivity index (χ3n) is 3.62. The van der Waals surface area contributed by atoms with Crippen LogP contribution in [0.4, 0.5) is 15.0 Å². The van der Waals surface area contributed by atoms with E-state index in [9.17, 15) is 9.18 Å². The largest absolute Gasteiger partial charge is 0.335 e. The molecule has 17 heavy (non-hydrogen) atoms. The number of carbonyl (C=O) groups is 1. The lowest BCUT2D eigenvalue weighted by atomic mass is 9.77. The number of nitrogens with one attached hydrogen (secondary N) is 2. The Kier molecular flexibility index (Phi) is 2.28. The number of urea groups is 1. The minimum absolute atomic E-state index is 0.260. The van der Waals surface area contributed by atoms with Crippen LogP contribution in [0.15, 0.2) is 18.3 Å². The van der Waals surface area contributed by atoms with Gasteiger partial charge in [-0.05, 0) is 43.2 Å². The lowest BCUT2D eigenvalue weighted by Gasteiger charge is -2.36. The van der Waals surface area contributed by atoms with Gasteiger partial charge in [-0.15, -0.1) is 0 Å². The molecule has 2 saturated carbocycles. The van der Waals surface area contributed by atoms with E-state index in [-0.39, 0.29) is 12.1 Å². The number of rotatable bonds is 2.